The molecule has 0 saturated heterocycles. The van der Waals surface area contributed by atoms with E-state index < -0.39 is 15.8 Å². The lowest BCUT2D eigenvalue weighted by molar-refractivity contribution is 0.0696. The van der Waals surface area contributed by atoms with Gasteiger partial charge in [0.25, 0.3) is 0 Å². The first kappa shape index (κ1) is 15.7. The topological polar surface area (TPSA) is 84.3 Å². The molecule has 1 aromatic heterocycles. The zero-order valence-electron chi connectivity index (χ0n) is 10.9. The molecule has 0 saturated carbocycles. The molecular weight excluding hydrogens is 358 g/mol. The zero-order chi connectivity index (χ0) is 15.5. The third-order valence-electron chi connectivity index (χ3n) is 2.87. The number of carbonyl (C=O) groups is 1. The van der Waals surface area contributed by atoms with Crippen molar-refractivity contribution in [2.45, 2.75) is 11.3 Å². The van der Waals surface area contributed by atoms with E-state index in [1.54, 1.807) is 24.4 Å². The number of carboxylic acid groups (broad SMARTS) is 1. The number of aromatic carboxylic acids is 1. The predicted molar refractivity (Wildman–Crippen MR) is 81.1 cm³/mol. The number of sulfone groups is 1. The highest BCUT2D eigenvalue weighted by molar-refractivity contribution is 9.10. The molecule has 1 aromatic carbocycles. The number of rotatable bonds is 5. The van der Waals surface area contributed by atoms with Gasteiger partial charge >= 0.3 is 5.97 Å². The Morgan fingerprint density at radius 2 is 2.00 bits per heavy atom. The van der Waals surface area contributed by atoms with E-state index in [-0.39, 0.29) is 22.6 Å². The van der Waals surface area contributed by atoms with Crippen molar-refractivity contribution < 1.29 is 18.3 Å². The average Bonchev–Trinajstić information content (AvgIpc) is 2.46. The second kappa shape index (κ2) is 6.36. The molecule has 0 unspecified atom stereocenters. The first-order valence-electron chi connectivity index (χ1n) is 6.05. The summed E-state index contributed by atoms with van der Waals surface area (Å²) in [6.45, 7) is 0. The van der Waals surface area contributed by atoms with E-state index in [1.807, 2.05) is 0 Å². The van der Waals surface area contributed by atoms with E-state index in [9.17, 15) is 13.2 Å². The molecule has 110 valence electrons. The van der Waals surface area contributed by atoms with Gasteiger partial charge in [-0.3, -0.25) is 4.98 Å². The fourth-order valence-electron chi connectivity index (χ4n) is 1.77. The molecule has 0 fully saturated rings. The molecule has 21 heavy (non-hydrogen) atoms. The van der Waals surface area contributed by atoms with Crippen LogP contribution >= 0.6 is 15.9 Å². The quantitative estimate of drug-likeness (QED) is 0.875. The first-order chi connectivity index (χ1) is 9.90. The smallest absolute Gasteiger partial charge is 0.335 e. The van der Waals surface area contributed by atoms with Crippen LogP contribution in [0.5, 0.6) is 0 Å². The van der Waals surface area contributed by atoms with Gasteiger partial charge in [-0.1, -0.05) is 6.07 Å². The second-order valence-corrected chi connectivity index (χ2v) is 7.27. The van der Waals surface area contributed by atoms with Crippen LogP contribution in [0.4, 0.5) is 0 Å². The Hall–Kier alpha value is -1.73. The Bertz CT molecular complexity index is 760. The fourth-order valence-corrected chi connectivity index (χ4v) is 4.13. The van der Waals surface area contributed by atoms with Crippen LogP contribution in [0.25, 0.3) is 0 Å². The summed E-state index contributed by atoms with van der Waals surface area (Å²) >= 11 is 3.15. The van der Waals surface area contributed by atoms with Gasteiger partial charge in [-0.05, 0) is 46.3 Å². The lowest BCUT2D eigenvalue weighted by Gasteiger charge is -2.07. The van der Waals surface area contributed by atoms with E-state index >= 15 is 0 Å². The fraction of sp³-hybridized carbons (Fsp3) is 0.143. The van der Waals surface area contributed by atoms with Crippen LogP contribution in [0, 0.1) is 0 Å². The summed E-state index contributed by atoms with van der Waals surface area (Å²) in [6, 6.07) is 9.24. The second-order valence-electron chi connectivity index (χ2n) is 4.34. The third-order valence-corrected chi connectivity index (χ3v) is 5.57. The molecule has 5 nitrogen and oxygen atoms in total. The molecule has 2 rings (SSSR count). The molecule has 0 atom stereocenters. The Balaban J connectivity index is 2.27. The Kier molecular flexibility index (Phi) is 4.74. The SMILES string of the molecule is O=C(O)c1ccc(Br)c(S(=O)(=O)CCc2ccccn2)c1. The molecule has 0 radical (unpaired) electrons. The molecule has 7 heteroatoms. The highest BCUT2D eigenvalue weighted by Crippen LogP contribution is 2.25. The van der Waals surface area contributed by atoms with Gasteiger partial charge in [-0.2, -0.15) is 0 Å². The number of halogens is 1. The van der Waals surface area contributed by atoms with Crippen molar-refractivity contribution in [1.82, 2.24) is 4.98 Å². The van der Waals surface area contributed by atoms with Crippen LogP contribution in [-0.2, 0) is 16.3 Å². The summed E-state index contributed by atoms with van der Waals surface area (Å²) in [6.07, 6.45) is 1.87. The van der Waals surface area contributed by atoms with Crippen LogP contribution in [0.2, 0.25) is 0 Å². The van der Waals surface area contributed by atoms with E-state index in [4.69, 9.17) is 5.11 Å². The number of aryl methyl sites for hydroxylation is 1. The number of pyridine rings is 1. The monoisotopic (exact) mass is 369 g/mol. The van der Waals surface area contributed by atoms with Gasteiger partial charge in [-0.25, -0.2) is 13.2 Å². The zero-order valence-corrected chi connectivity index (χ0v) is 13.3. The average molecular weight is 370 g/mol. The maximum absolute atomic E-state index is 12.4. The summed E-state index contributed by atoms with van der Waals surface area (Å²) in [7, 11) is -3.60. The van der Waals surface area contributed by atoms with Gasteiger partial charge in [0.1, 0.15) is 0 Å². The van der Waals surface area contributed by atoms with Gasteiger partial charge < -0.3 is 5.11 Å². The molecule has 0 aliphatic rings. The molecule has 0 aliphatic carbocycles. The molecule has 0 bridgehead atoms. The van der Waals surface area contributed by atoms with E-state index in [0.29, 0.717) is 10.2 Å². The van der Waals surface area contributed by atoms with Gasteiger partial charge in [0.2, 0.25) is 0 Å². The van der Waals surface area contributed by atoms with Crippen molar-refractivity contribution in [1.29, 1.82) is 0 Å². The maximum Gasteiger partial charge on any atom is 0.335 e. The van der Waals surface area contributed by atoms with Crippen molar-refractivity contribution in [3.63, 3.8) is 0 Å². The Morgan fingerprint density at radius 3 is 2.62 bits per heavy atom. The van der Waals surface area contributed by atoms with Crippen molar-refractivity contribution in [2.75, 3.05) is 5.75 Å². The summed E-state index contributed by atoms with van der Waals surface area (Å²) < 4.78 is 25.1. The van der Waals surface area contributed by atoms with Gasteiger partial charge in [0, 0.05) is 22.8 Å². The number of hydrogen-bond donors (Lipinski definition) is 1. The summed E-state index contributed by atoms with van der Waals surface area (Å²) in [5, 5.41) is 8.95. The minimum absolute atomic E-state index is 0.0154. The number of nitrogens with zero attached hydrogens (tertiary/aromatic N) is 1. The van der Waals surface area contributed by atoms with Crippen LogP contribution in [-0.4, -0.2) is 30.2 Å². The standard InChI is InChI=1S/C14H12BrNO4S/c15-12-5-4-10(14(17)18)9-13(12)21(19,20)8-6-11-3-1-2-7-16-11/h1-5,7,9H,6,8H2,(H,17,18). The number of carboxylic acids is 1. The molecule has 1 heterocycles. The van der Waals surface area contributed by atoms with Gasteiger partial charge in [0.15, 0.2) is 9.84 Å². The van der Waals surface area contributed by atoms with Crippen molar-refractivity contribution in [2.24, 2.45) is 0 Å². The predicted octanol–water partition coefficient (Wildman–Crippen LogP) is 2.56. The summed E-state index contributed by atoms with van der Waals surface area (Å²) in [5.74, 6) is -1.30. The van der Waals surface area contributed by atoms with Gasteiger partial charge in [-0.15, -0.1) is 0 Å². The van der Waals surface area contributed by atoms with Crippen molar-refractivity contribution in [3.05, 3.63) is 58.3 Å². The summed E-state index contributed by atoms with van der Waals surface area (Å²) in [5.41, 5.74) is 0.612. The van der Waals surface area contributed by atoms with Crippen molar-refractivity contribution >= 4 is 31.7 Å². The molecule has 1 N–H and O–H groups in total. The molecule has 0 aliphatic heterocycles. The summed E-state index contributed by atoms with van der Waals surface area (Å²) in [4.78, 5) is 15.0. The lowest BCUT2D eigenvalue weighted by Crippen LogP contribution is -2.11. The molecule has 2 aromatic rings. The molecule has 0 spiro atoms. The number of hydrogen-bond acceptors (Lipinski definition) is 4. The van der Waals surface area contributed by atoms with E-state index in [0.717, 1.165) is 0 Å². The normalized spacial score (nSPS) is 11.3. The van der Waals surface area contributed by atoms with Crippen molar-refractivity contribution in [3.8, 4) is 0 Å². The molecule has 0 amide bonds. The Labute approximate surface area is 130 Å². The van der Waals surface area contributed by atoms with Crippen LogP contribution < -0.4 is 0 Å². The Morgan fingerprint density at radius 1 is 1.24 bits per heavy atom. The van der Waals surface area contributed by atoms with Crippen LogP contribution in [0.3, 0.4) is 0 Å². The van der Waals surface area contributed by atoms with Gasteiger partial charge in [0.05, 0.1) is 16.2 Å². The largest absolute Gasteiger partial charge is 0.478 e. The first-order valence-corrected chi connectivity index (χ1v) is 8.50. The number of benzene rings is 1. The number of aromatic nitrogens is 1. The molecular formula is C14H12BrNO4S. The van der Waals surface area contributed by atoms with E-state index in [1.165, 1.54) is 18.2 Å². The maximum atomic E-state index is 12.4. The lowest BCUT2D eigenvalue weighted by atomic mass is 10.2. The highest BCUT2D eigenvalue weighted by atomic mass is 79.9. The highest BCUT2D eigenvalue weighted by Gasteiger charge is 2.20. The minimum atomic E-state index is -3.60. The van der Waals surface area contributed by atoms with Crippen LogP contribution in [0.15, 0.2) is 52.0 Å². The van der Waals surface area contributed by atoms with E-state index in [2.05, 4.69) is 20.9 Å². The minimum Gasteiger partial charge on any atom is -0.478 e. The third kappa shape index (κ3) is 3.89. The van der Waals surface area contributed by atoms with Crippen LogP contribution in [0.1, 0.15) is 16.1 Å².